The van der Waals surface area contributed by atoms with Crippen molar-refractivity contribution < 1.29 is 4.74 Å². The number of hydrogen-bond donors (Lipinski definition) is 1. The topological polar surface area (TPSA) is 95.7 Å². The number of pyridine rings is 1. The van der Waals surface area contributed by atoms with Gasteiger partial charge in [-0.05, 0) is 38.5 Å². The third kappa shape index (κ3) is 2.84. The van der Waals surface area contributed by atoms with Crippen LogP contribution >= 0.6 is 0 Å². The minimum atomic E-state index is -0.717. The number of rotatable bonds is 4. The second-order valence-corrected chi connectivity index (χ2v) is 7.52. The monoisotopic (exact) mass is 377 g/mol. The van der Waals surface area contributed by atoms with Crippen LogP contribution in [0.4, 0.5) is 5.82 Å². The summed E-state index contributed by atoms with van der Waals surface area (Å²) in [5.41, 5.74) is 1.53. The van der Waals surface area contributed by atoms with E-state index < -0.39 is 5.41 Å². The molecule has 0 bridgehead atoms. The molecule has 0 spiro atoms. The molecule has 8 nitrogen and oxygen atoms in total. The Labute approximate surface area is 163 Å². The normalized spacial score (nSPS) is 17.6. The van der Waals surface area contributed by atoms with Gasteiger partial charge >= 0.3 is 0 Å². The fourth-order valence-corrected chi connectivity index (χ4v) is 3.57. The van der Waals surface area contributed by atoms with Gasteiger partial charge in [-0.1, -0.05) is 6.58 Å². The largest absolute Gasteiger partial charge is 0.377 e. The van der Waals surface area contributed by atoms with E-state index in [0.717, 1.165) is 23.3 Å². The molecule has 0 radical (unpaired) electrons. The molecule has 1 atom stereocenters. The number of H-pyrrole nitrogens is 1. The number of nitrogens with zero attached hydrogens (tertiary/aromatic N) is 6. The van der Waals surface area contributed by atoms with Gasteiger partial charge in [-0.15, -0.1) is 0 Å². The summed E-state index contributed by atoms with van der Waals surface area (Å²) < 4.78 is 7.31. The first kappa shape index (κ1) is 18.2. The molecule has 3 aromatic rings. The Bertz CT molecular complexity index is 1060. The van der Waals surface area contributed by atoms with Crippen LogP contribution < -0.4 is 4.90 Å². The van der Waals surface area contributed by atoms with Gasteiger partial charge in [0, 0.05) is 12.6 Å². The molecule has 28 heavy (non-hydrogen) atoms. The Hall–Kier alpha value is -3.18. The lowest BCUT2D eigenvalue weighted by Gasteiger charge is -2.35. The highest BCUT2D eigenvalue weighted by atomic mass is 16.5. The Balaban J connectivity index is 2.04. The molecule has 0 aromatic carbocycles. The van der Waals surface area contributed by atoms with Crippen LogP contribution in [0.5, 0.6) is 0 Å². The van der Waals surface area contributed by atoms with Crippen molar-refractivity contribution >= 4 is 22.9 Å². The van der Waals surface area contributed by atoms with Crippen LogP contribution in [0.1, 0.15) is 32.0 Å². The van der Waals surface area contributed by atoms with E-state index in [4.69, 9.17) is 9.72 Å². The van der Waals surface area contributed by atoms with E-state index >= 15 is 0 Å². The maximum Gasteiger partial charge on any atom is 0.167 e. The van der Waals surface area contributed by atoms with Gasteiger partial charge < -0.3 is 9.64 Å². The van der Waals surface area contributed by atoms with Gasteiger partial charge in [0.05, 0.1) is 48.0 Å². The van der Waals surface area contributed by atoms with E-state index in [-0.39, 0.29) is 6.04 Å². The summed E-state index contributed by atoms with van der Waals surface area (Å²) in [6.07, 6.45) is 3.37. The molecule has 4 rings (SSSR count). The number of ether oxygens (including phenoxy) is 1. The quantitative estimate of drug-likeness (QED) is 0.751. The van der Waals surface area contributed by atoms with Gasteiger partial charge in [-0.25, -0.2) is 4.98 Å². The third-order valence-electron chi connectivity index (χ3n) is 5.17. The van der Waals surface area contributed by atoms with Crippen molar-refractivity contribution in [3.05, 3.63) is 36.2 Å². The summed E-state index contributed by atoms with van der Waals surface area (Å²) >= 11 is 0. The molecule has 0 amide bonds. The number of nitriles is 1. The van der Waals surface area contributed by atoms with Crippen LogP contribution in [-0.4, -0.2) is 50.8 Å². The summed E-state index contributed by atoms with van der Waals surface area (Å²) in [7, 11) is 0. The first-order valence-corrected chi connectivity index (χ1v) is 9.28. The second-order valence-electron chi connectivity index (χ2n) is 7.52. The standard InChI is InChI=1S/C20H23N7O/c1-5-15-18-14(20(3,4)12-21)10-17(26-8-9-28-11-13(26)2)23-19(18)27(25-15)16-6-7-22-24-16/h5-7,10,13H,1,8-9,11H2,2-4H3,(H,22,24)/t13-/m1/s1. The Morgan fingerprint density at radius 3 is 2.93 bits per heavy atom. The molecule has 1 aliphatic rings. The molecule has 8 heteroatoms. The lowest BCUT2D eigenvalue weighted by atomic mass is 9.84. The molecule has 3 aromatic heterocycles. The highest BCUT2D eigenvalue weighted by Gasteiger charge is 2.30. The summed E-state index contributed by atoms with van der Waals surface area (Å²) in [4.78, 5) is 7.17. The van der Waals surface area contributed by atoms with Gasteiger partial charge in [-0.2, -0.15) is 20.1 Å². The van der Waals surface area contributed by atoms with Crippen LogP contribution in [0.25, 0.3) is 22.9 Å². The Morgan fingerprint density at radius 1 is 1.46 bits per heavy atom. The SMILES string of the molecule is C=Cc1nn(-c2ccn[nH]2)c2nc(N3CCOC[C@H]3C)cc(C(C)(C)C#N)c12. The third-order valence-corrected chi connectivity index (χ3v) is 5.17. The van der Waals surface area contributed by atoms with Gasteiger partial charge in [0.25, 0.3) is 0 Å². The summed E-state index contributed by atoms with van der Waals surface area (Å²) in [6, 6.07) is 6.46. The zero-order chi connectivity index (χ0) is 19.9. The van der Waals surface area contributed by atoms with E-state index in [1.54, 1.807) is 17.0 Å². The maximum absolute atomic E-state index is 9.84. The summed E-state index contributed by atoms with van der Waals surface area (Å²) in [5, 5.41) is 22.3. The number of fused-ring (bicyclic) bond motifs is 1. The van der Waals surface area contributed by atoms with Crippen molar-refractivity contribution in [1.82, 2.24) is 25.0 Å². The molecule has 1 N–H and O–H groups in total. The van der Waals surface area contributed by atoms with Gasteiger partial charge in [-0.3, -0.25) is 5.10 Å². The van der Waals surface area contributed by atoms with Crippen molar-refractivity contribution in [2.45, 2.75) is 32.2 Å². The molecular formula is C20H23N7O. The van der Waals surface area contributed by atoms with Crippen LogP contribution in [0.15, 0.2) is 24.9 Å². The number of aromatic amines is 1. The van der Waals surface area contributed by atoms with Crippen molar-refractivity contribution in [2.24, 2.45) is 0 Å². The second kappa shape index (κ2) is 6.77. The smallest absolute Gasteiger partial charge is 0.167 e. The van der Waals surface area contributed by atoms with E-state index in [9.17, 15) is 5.26 Å². The molecule has 4 heterocycles. The zero-order valence-corrected chi connectivity index (χ0v) is 16.3. The van der Waals surface area contributed by atoms with Crippen molar-refractivity contribution in [3.8, 4) is 11.9 Å². The van der Waals surface area contributed by atoms with E-state index in [2.05, 4.69) is 39.8 Å². The van der Waals surface area contributed by atoms with E-state index in [1.807, 2.05) is 26.0 Å². The predicted octanol–water partition coefficient (Wildman–Crippen LogP) is 2.81. The number of hydrogen-bond acceptors (Lipinski definition) is 6. The van der Waals surface area contributed by atoms with Gasteiger partial charge in [0.2, 0.25) is 0 Å². The van der Waals surface area contributed by atoms with E-state index in [0.29, 0.717) is 30.4 Å². The number of aromatic nitrogens is 5. The molecule has 0 unspecified atom stereocenters. The Kier molecular flexibility index (Phi) is 4.40. The lowest BCUT2D eigenvalue weighted by Crippen LogP contribution is -2.44. The molecule has 0 saturated carbocycles. The summed E-state index contributed by atoms with van der Waals surface area (Å²) in [5.74, 6) is 1.52. The average Bonchev–Trinajstić information content (AvgIpc) is 3.35. The molecule has 1 saturated heterocycles. The number of morpholine rings is 1. The van der Waals surface area contributed by atoms with Crippen molar-refractivity contribution in [1.29, 1.82) is 5.26 Å². The summed E-state index contributed by atoms with van der Waals surface area (Å²) in [6.45, 7) is 11.9. The first-order valence-electron chi connectivity index (χ1n) is 9.28. The predicted molar refractivity (Wildman–Crippen MR) is 107 cm³/mol. The average molecular weight is 377 g/mol. The lowest BCUT2D eigenvalue weighted by molar-refractivity contribution is 0.0985. The molecular weight excluding hydrogens is 354 g/mol. The fourth-order valence-electron chi connectivity index (χ4n) is 3.57. The van der Waals surface area contributed by atoms with Crippen LogP contribution in [0, 0.1) is 11.3 Å². The maximum atomic E-state index is 9.84. The Morgan fingerprint density at radius 2 is 2.29 bits per heavy atom. The number of nitrogens with one attached hydrogen (secondary N) is 1. The first-order chi connectivity index (χ1) is 13.5. The molecule has 1 aliphatic heterocycles. The van der Waals surface area contributed by atoms with Gasteiger partial charge in [0.15, 0.2) is 11.5 Å². The minimum Gasteiger partial charge on any atom is -0.377 e. The van der Waals surface area contributed by atoms with Crippen molar-refractivity contribution in [3.63, 3.8) is 0 Å². The molecule has 144 valence electrons. The fraction of sp³-hybridized carbons (Fsp3) is 0.400. The van der Waals surface area contributed by atoms with Crippen LogP contribution in [0.3, 0.4) is 0 Å². The minimum absolute atomic E-state index is 0.194. The van der Waals surface area contributed by atoms with Crippen LogP contribution in [-0.2, 0) is 10.2 Å². The van der Waals surface area contributed by atoms with Crippen LogP contribution in [0.2, 0.25) is 0 Å². The highest BCUT2D eigenvalue weighted by molar-refractivity contribution is 5.91. The zero-order valence-electron chi connectivity index (χ0n) is 16.3. The molecule has 1 fully saturated rings. The van der Waals surface area contributed by atoms with E-state index in [1.165, 1.54) is 0 Å². The van der Waals surface area contributed by atoms with Crippen molar-refractivity contribution in [2.75, 3.05) is 24.7 Å². The number of anilines is 1. The molecule has 0 aliphatic carbocycles. The highest BCUT2D eigenvalue weighted by Crippen LogP contribution is 2.36. The van der Waals surface area contributed by atoms with Gasteiger partial charge in [0.1, 0.15) is 5.82 Å².